The third kappa shape index (κ3) is 3.42. The highest BCUT2D eigenvalue weighted by Gasteiger charge is 2.13. The average molecular weight is 304 g/mol. The van der Waals surface area contributed by atoms with Crippen molar-refractivity contribution in [2.45, 2.75) is 0 Å². The standard InChI is InChI=1S/C10H11BrFN3O2/c1-14-9(16)4-15-10(17)5-2-8(13)7(12)3-6(5)11/h2-3H,4,13H2,1H3,(H,14,16)(H,15,17). The number of nitrogen functional groups attached to an aromatic ring is 1. The Labute approximate surface area is 106 Å². The van der Waals surface area contributed by atoms with Gasteiger partial charge in [-0.25, -0.2) is 4.39 Å². The number of nitrogens with one attached hydrogen (secondary N) is 2. The molecule has 0 bridgehead atoms. The van der Waals surface area contributed by atoms with Crippen LogP contribution >= 0.6 is 15.9 Å². The minimum absolute atomic E-state index is 0.127. The SMILES string of the molecule is CNC(=O)CNC(=O)c1cc(N)c(F)cc1Br. The van der Waals surface area contributed by atoms with Gasteiger partial charge in [-0.05, 0) is 28.1 Å². The van der Waals surface area contributed by atoms with Crippen LogP contribution in [0.3, 0.4) is 0 Å². The van der Waals surface area contributed by atoms with E-state index in [-0.39, 0.29) is 28.2 Å². The first-order valence-electron chi connectivity index (χ1n) is 4.69. The molecule has 4 N–H and O–H groups in total. The van der Waals surface area contributed by atoms with E-state index in [1.165, 1.54) is 13.1 Å². The van der Waals surface area contributed by atoms with Crippen molar-refractivity contribution in [3.8, 4) is 0 Å². The Hall–Kier alpha value is -1.63. The lowest BCUT2D eigenvalue weighted by Crippen LogP contribution is -2.35. The molecule has 92 valence electrons. The van der Waals surface area contributed by atoms with E-state index in [1.807, 2.05) is 0 Å². The van der Waals surface area contributed by atoms with Crippen molar-refractivity contribution in [3.05, 3.63) is 28.0 Å². The van der Waals surface area contributed by atoms with E-state index in [2.05, 4.69) is 26.6 Å². The van der Waals surface area contributed by atoms with Gasteiger partial charge in [-0.1, -0.05) is 0 Å². The maximum absolute atomic E-state index is 13.0. The lowest BCUT2D eigenvalue weighted by atomic mass is 10.2. The predicted molar refractivity (Wildman–Crippen MR) is 64.9 cm³/mol. The predicted octanol–water partition coefficient (Wildman–Crippen LogP) is 0.646. The van der Waals surface area contributed by atoms with Crippen LogP contribution in [0, 0.1) is 5.82 Å². The number of carbonyl (C=O) groups excluding carboxylic acids is 2. The summed E-state index contributed by atoms with van der Waals surface area (Å²) < 4.78 is 13.3. The highest BCUT2D eigenvalue weighted by Crippen LogP contribution is 2.22. The van der Waals surface area contributed by atoms with Crippen molar-refractivity contribution in [2.75, 3.05) is 19.3 Å². The van der Waals surface area contributed by atoms with Crippen molar-refractivity contribution >= 4 is 33.4 Å². The number of carbonyl (C=O) groups is 2. The van der Waals surface area contributed by atoms with Crippen molar-refractivity contribution in [1.29, 1.82) is 0 Å². The van der Waals surface area contributed by atoms with Crippen LogP contribution in [0.1, 0.15) is 10.4 Å². The van der Waals surface area contributed by atoms with Crippen molar-refractivity contribution < 1.29 is 14.0 Å². The van der Waals surface area contributed by atoms with E-state index in [4.69, 9.17) is 5.73 Å². The van der Waals surface area contributed by atoms with Gasteiger partial charge < -0.3 is 16.4 Å². The first-order valence-corrected chi connectivity index (χ1v) is 5.48. The molecule has 0 aliphatic carbocycles. The number of benzene rings is 1. The molecule has 0 fully saturated rings. The highest BCUT2D eigenvalue weighted by atomic mass is 79.9. The highest BCUT2D eigenvalue weighted by molar-refractivity contribution is 9.10. The van der Waals surface area contributed by atoms with Crippen LogP contribution in [0.15, 0.2) is 16.6 Å². The number of hydrogen-bond acceptors (Lipinski definition) is 3. The van der Waals surface area contributed by atoms with Gasteiger partial charge in [0, 0.05) is 11.5 Å². The molecule has 0 radical (unpaired) electrons. The molecule has 0 saturated carbocycles. The zero-order valence-corrected chi connectivity index (χ0v) is 10.6. The molecule has 0 aromatic heterocycles. The van der Waals surface area contributed by atoms with E-state index in [0.717, 1.165) is 6.07 Å². The summed E-state index contributed by atoms with van der Waals surface area (Å²) in [6.07, 6.45) is 0. The number of likely N-dealkylation sites (N-methyl/N-ethyl adjacent to an activating group) is 1. The summed E-state index contributed by atoms with van der Waals surface area (Å²) in [5, 5.41) is 4.74. The number of amides is 2. The van der Waals surface area contributed by atoms with Gasteiger partial charge in [0.05, 0.1) is 17.8 Å². The van der Waals surface area contributed by atoms with Crippen molar-refractivity contribution in [1.82, 2.24) is 10.6 Å². The first-order chi connectivity index (χ1) is 7.95. The van der Waals surface area contributed by atoms with Gasteiger partial charge in [0.1, 0.15) is 5.82 Å². The molecular weight excluding hydrogens is 293 g/mol. The van der Waals surface area contributed by atoms with Crippen LogP contribution in [-0.4, -0.2) is 25.4 Å². The topological polar surface area (TPSA) is 84.2 Å². The molecule has 1 aromatic carbocycles. The van der Waals surface area contributed by atoms with Gasteiger partial charge >= 0.3 is 0 Å². The summed E-state index contributed by atoms with van der Waals surface area (Å²) >= 11 is 3.05. The van der Waals surface area contributed by atoms with Crippen molar-refractivity contribution in [2.24, 2.45) is 0 Å². The monoisotopic (exact) mass is 303 g/mol. The molecule has 2 amide bonds. The number of nitrogens with two attached hydrogens (primary N) is 1. The van der Waals surface area contributed by atoms with Crippen LogP contribution in [0.2, 0.25) is 0 Å². The van der Waals surface area contributed by atoms with E-state index in [9.17, 15) is 14.0 Å². The molecule has 0 unspecified atom stereocenters. The van der Waals surface area contributed by atoms with Gasteiger partial charge in [-0.2, -0.15) is 0 Å². The minimum atomic E-state index is -0.611. The molecule has 1 rings (SSSR count). The number of hydrogen-bond donors (Lipinski definition) is 3. The van der Waals surface area contributed by atoms with Crippen molar-refractivity contribution in [3.63, 3.8) is 0 Å². The average Bonchev–Trinajstić information content (AvgIpc) is 2.30. The molecule has 0 aliphatic heterocycles. The number of anilines is 1. The lowest BCUT2D eigenvalue weighted by Gasteiger charge is -2.07. The lowest BCUT2D eigenvalue weighted by molar-refractivity contribution is -0.119. The maximum atomic E-state index is 13.0. The number of rotatable bonds is 3. The molecule has 1 aromatic rings. The Morgan fingerprint density at radius 2 is 2.12 bits per heavy atom. The summed E-state index contributed by atoms with van der Waals surface area (Å²) in [7, 11) is 1.46. The maximum Gasteiger partial charge on any atom is 0.252 e. The van der Waals surface area contributed by atoms with E-state index < -0.39 is 11.7 Å². The van der Waals surface area contributed by atoms with Gasteiger partial charge in [-0.3, -0.25) is 9.59 Å². The van der Waals surface area contributed by atoms with Crippen LogP contribution in [-0.2, 0) is 4.79 Å². The Balaban J connectivity index is 2.82. The molecule has 5 nitrogen and oxygen atoms in total. The van der Waals surface area contributed by atoms with Gasteiger partial charge in [0.25, 0.3) is 5.91 Å². The smallest absolute Gasteiger partial charge is 0.252 e. The second kappa shape index (κ2) is 5.62. The Bertz CT molecular complexity index is 465. The summed E-state index contributed by atoms with van der Waals surface area (Å²) in [6, 6.07) is 2.31. The van der Waals surface area contributed by atoms with Crippen LogP contribution < -0.4 is 16.4 Å². The Kier molecular flexibility index (Phi) is 4.45. The van der Waals surface area contributed by atoms with Gasteiger partial charge in [-0.15, -0.1) is 0 Å². The molecule has 0 saturated heterocycles. The van der Waals surface area contributed by atoms with Crippen LogP contribution in [0.4, 0.5) is 10.1 Å². The molecule has 0 atom stereocenters. The molecule has 17 heavy (non-hydrogen) atoms. The fraction of sp³-hybridized carbons (Fsp3) is 0.200. The summed E-state index contributed by atoms with van der Waals surface area (Å²) in [5.41, 5.74) is 5.40. The zero-order valence-electron chi connectivity index (χ0n) is 9.01. The summed E-state index contributed by atoms with van der Waals surface area (Å²) in [5.74, 6) is -1.45. The van der Waals surface area contributed by atoms with Crippen LogP contribution in [0.25, 0.3) is 0 Å². The first kappa shape index (κ1) is 13.4. The summed E-state index contributed by atoms with van der Waals surface area (Å²) in [4.78, 5) is 22.6. The fourth-order valence-corrected chi connectivity index (χ4v) is 1.58. The summed E-state index contributed by atoms with van der Waals surface area (Å²) in [6.45, 7) is -0.154. The normalized spacial score (nSPS) is 9.82. The zero-order chi connectivity index (χ0) is 13.0. The molecule has 7 heteroatoms. The van der Waals surface area contributed by atoms with E-state index in [0.29, 0.717) is 0 Å². The quantitative estimate of drug-likeness (QED) is 0.717. The van der Waals surface area contributed by atoms with E-state index in [1.54, 1.807) is 0 Å². The second-order valence-electron chi connectivity index (χ2n) is 3.21. The number of halogens is 2. The molecule has 0 aliphatic rings. The van der Waals surface area contributed by atoms with Crippen LogP contribution in [0.5, 0.6) is 0 Å². The minimum Gasteiger partial charge on any atom is -0.396 e. The molecular formula is C10H11BrFN3O2. The third-order valence-electron chi connectivity index (χ3n) is 2.02. The molecule has 0 heterocycles. The third-order valence-corrected chi connectivity index (χ3v) is 2.68. The van der Waals surface area contributed by atoms with Gasteiger partial charge in [0.2, 0.25) is 5.91 Å². The molecule has 0 spiro atoms. The van der Waals surface area contributed by atoms with Gasteiger partial charge in [0.15, 0.2) is 0 Å². The fourth-order valence-electron chi connectivity index (χ4n) is 1.08. The van der Waals surface area contributed by atoms with E-state index >= 15 is 0 Å². The second-order valence-corrected chi connectivity index (χ2v) is 4.06. The Morgan fingerprint density at radius 1 is 1.47 bits per heavy atom. The Morgan fingerprint density at radius 3 is 2.71 bits per heavy atom. The largest absolute Gasteiger partial charge is 0.396 e.